The quantitative estimate of drug-likeness (QED) is 0.133. The molecule has 0 aromatic carbocycles. The summed E-state index contributed by atoms with van der Waals surface area (Å²) in [6, 6.07) is 0. The van der Waals surface area contributed by atoms with Gasteiger partial charge in [0, 0.05) is 17.9 Å². The van der Waals surface area contributed by atoms with Crippen LogP contribution >= 0.6 is 11.6 Å². The van der Waals surface area contributed by atoms with Crippen molar-refractivity contribution in [3.8, 4) is 0 Å². The molecule has 0 aromatic rings. The van der Waals surface area contributed by atoms with Crippen molar-refractivity contribution in [3.63, 3.8) is 0 Å². The van der Waals surface area contributed by atoms with Gasteiger partial charge in [0.15, 0.2) is 0 Å². The van der Waals surface area contributed by atoms with E-state index in [1.807, 2.05) is 0 Å². The van der Waals surface area contributed by atoms with Crippen LogP contribution in [0.25, 0.3) is 10.4 Å². The monoisotopic (exact) mass is 216 g/mol. The lowest BCUT2D eigenvalue weighted by Crippen LogP contribution is -2.30. The summed E-state index contributed by atoms with van der Waals surface area (Å²) in [4.78, 5) is 13.7. The molecule has 0 saturated heterocycles. The van der Waals surface area contributed by atoms with Gasteiger partial charge >= 0.3 is 0 Å². The Morgan fingerprint density at radius 1 is 1.79 bits per heavy atom. The summed E-state index contributed by atoms with van der Waals surface area (Å²) in [7, 11) is 0. The van der Waals surface area contributed by atoms with E-state index in [2.05, 4.69) is 21.9 Å². The van der Waals surface area contributed by atoms with Crippen molar-refractivity contribution in [3.05, 3.63) is 23.1 Å². The predicted molar refractivity (Wildman–Crippen MR) is 55.8 cm³/mol. The molecular formula is C8H13ClN4O. The van der Waals surface area contributed by atoms with E-state index in [0.717, 1.165) is 0 Å². The van der Waals surface area contributed by atoms with E-state index < -0.39 is 5.50 Å². The lowest BCUT2D eigenvalue weighted by molar-refractivity contribution is -0.121. The third-order valence-electron chi connectivity index (χ3n) is 1.42. The number of amides is 1. The second-order valence-corrected chi connectivity index (χ2v) is 3.14. The maximum absolute atomic E-state index is 11.1. The number of hydrogen-bond donors (Lipinski definition) is 1. The third kappa shape index (κ3) is 7.46. The van der Waals surface area contributed by atoms with Gasteiger partial charge in [0.2, 0.25) is 5.91 Å². The fourth-order valence-corrected chi connectivity index (χ4v) is 1.05. The Balaban J connectivity index is 3.54. The van der Waals surface area contributed by atoms with Crippen molar-refractivity contribution in [2.75, 3.05) is 6.54 Å². The normalized spacial score (nSPS) is 11.2. The van der Waals surface area contributed by atoms with Crippen LogP contribution in [0.1, 0.15) is 19.3 Å². The molecule has 0 spiro atoms. The molecule has 1 amide bonds. The second kappa shape index (κ2) is 8.41. The Labute approximate surface area is 87.8 Å². The lowest BCUT2D eigenvalue weighted by Gasteiger charge is -2.08. The van der Waals surface area contributed by atoms with E-state index in [1.165, 1.54) is 0 Å². The number of alkyl halides is 1. The minimum Gasteiger partial charge on any atom is -0.340 e. The fourth-order valence-electron chi connectivity index (χ4n) is 0.807. The van der Waals surface area contributed by atoms with Gasteiger partial charge < -0.3 is 5.32 Å². The molecule has 14 heavy (non-hydrogen) atoms. The summed E-state index contributed by atoms with van der Waals surface area (Å²) in [5.74, 6) is -0.139. The van der Waals surface area contributed by atoms with Gasteiger partial charge in [0.25, 0.3) is 0 Å². The highest BCUT2D eigenvalue weighted by Gasteiger charge is 2.06. The van der Waals surface area contributed by atoms with Gasteiger partial charge in [-0.05, 0) is 18.4 Å². The first-order valence-corrected chi connectivity index (χ1v) is 4.69. The molecule has 0 radical (unpaired) electrons. The molecule has 0 aromatic heterocycles. The topological polar surface area (TPSA) is 77.9 Å². The second-order valence-electron chi connectivity index (χ2n) is 2.62. The van der Waals surface area contributed by atoms with Crippen molar-refractivity contribution < 1.29 is 4.79 Å². The summed E-state index contributed by atoms with van der Waals surface area (Å²) in [5.41, 5.74) is 7.57. The molecular weight excluding hydrogens is 204 g/mol. The highest BCUT2D eigenvalue weighted by molar-refractivity contribution is 6.21. The highest BCUT2D eigenvalue weighted by atomic mass is 35.5. The number of carbonyl (C=O) groups excluding carboxylic acids is 1. The molecule has 0 aliphatic rings. The molecule has 6 heteroatoms. The SMILES string of the molecule is C=CCC(Cl)NC(=O)CCCN=[N+]=[N-]. The van der Waals surface area contributed by atoms with Crippen molar-refractivity contribution >= 4 is 17.5 Å². The number of nitrogens with zero attached hydrogens (tertiary/aromatic N) is 3. The van der Waals surface area contributed by atoms with Crippen LogP contribution < -0.4 is 5.32 Å². The van der Waals surface area contributed by atoms with E-state index in [0.29, 0.717) is 25.8 Å². The van der Waals surface area contributed by atoms with Crippen molar-refractivity contribution in [2.24, 2.45) is 5.11 Å². The molecule has 5 nitrogen and oxygen atoms in total. The number of nitrogens with one attached hydrogen (secondary N) is 1. The summed E-state index contributed by atoms with van der Waals surface area (Å²) < 4.78 is 0. The van der Waals surface area contributed by atoms with Crippen LogP contribution in [0.4, 0.5) is 0 Å². The van der Waals surface area contributed by atoms with Gasteiger partial charge in [-0.3, -0.25) is 4.79 Å². The Hall–Kier alpha value is -1.19. The average molecular weight is 217 g/mol. The molecule has 0 rings (SSSR count). The van der Waals surface area contributed by atoms with Crippen LogP contribution in [-0.4, -0.2) is 18.0 Å². The average Bonchev–Trinajstić information content (AvgIpc) is 2.13. The number of carbonyl (C=O) groups is 1. The Morgan fingerprint density at radius 2 is 2.50 bits per heavy atom. The first-order valence-electron chi connectivity index (χ1n) is 4.26. The van der Waals surface area contributed by atoms with Crippen molar-refractivity contribution in [1.29, 1.82) is 0 Å². The van der Waals surface area contributed by atoms with E-state index in [9.17, 15) is 4.79 Å². The molecule has 0 aliphatic carbocycles. The molecule has 0 fully saturated rings. The number of halogens is 1. The fraction of sp³-hybridized carbons (Fsp3) is 0.625. The van der Waals surface area contributed by atoms with E-state index in [1.54, 1.807) is 6.08 Å². The van der Waals surface area contributed by atoms with Crippen LogP contribution in [-0.2, 0) is 4.79 Å². The molecule has 1 atom stereocenters. The van der Waals surface area contributed by atoms with Crippen LogP contribution in [0.2, 0.25) is 0 Å². The minimum atomic E-state index is -0.403. The molecule has 0 saturated carbocycles. The van der Waals surface area contributed by atoms with Crippen LogP contribution in [0.5, 0.6) is 0 Å². The Bertz CT molecular complexity index is 237. The third-order valence-corrected chi connectivity index (χ3v) is 1.70. The van der Waals surface area contributed by atoms with E-state index in [-0.39, 0.29) is 5.91 Å². The summed E-state index contributed by atoms with van der Waals surface area (Å²) in [6.45, 7) is 3.84. The van der Waals surface area contributed by atoms with Gasteiger partial charge in [-0.2, -0.15) is 0 Å². The molecule has 1 N–H and O–H groups in total. The molecule has 1 unspecified atom stereocenters. The van der Waals surface area contributed by atoms with Crippen LogP contribution in [0, 0.1) is 0 Å². The molecule has 0 aliphatic heterocycles. The van der Waals surface area contributed by atoms with Gasteiger partial charge in [-0.15, -0.1) is 6.58 Å². The lowest BCUT2D eigenvalue weighted by atomic mass is 10.3. The van der Waals surface area contributed by atoms with Gasteiger partial charge in [0.1, 0.15) is 5.50 Å². The molecule has 0 bridgehead atoms. The number of rotatable bonds is 7. The highest BCUT2D eigenvalue weighted by Crippen LogP contribution is 1.99. The first-order chi connectivity index (χ1) is 6.70. The Kier molecular flexibility index (Phi) is 7.70. The van der Waals surface area contributed by atoms with E-state index >= 15 is 0 Å². The van der Waals surface area contributed by atoms with Gasteiger partial charge in [-0.25, -0.2) is 0 Å². The van der Waals surface area contributed by atoms with Gasteiger partial charge in [-0.1, -0.05) is 22.8 Å². The molecule has 78 valence electrons. The minimum absolute atomic E-state index is 0.139. The predicted octanol–water partition coefficient (Wildman–Crippen LogP) is 2.33. The smallest absolute Gasteiger partial charge is 0.221 e. The number of hydrogen-bond acceptors (Lipinski definition) is 2. The zero-order chi connectivity index (χ0) is 10.8. The van der Waals surface area contributed by atoms with Gasteiger partial charge in [0.05, 0.1) is 0 Å². The Morgan fingerprint density at radius 3 is 3.07 bits per heavy atom. The van der Waals surface area contributed by atoms with Crippen LogP contribution in [0.15, 0.2) is 17.8 Å². The first kappa shape index (κ1) is 12.8. The van der Waals surface area contributed by atoms with E-state index in [4.69, 9.17) is 17.1 Å². The summed E-state index contributed by atoms with van der Waals surface area (Å²) in [5, 5.41) is 5.89. The zero-order valence-corrected chi connectivity index (χ0v) is 8.57. The zero-order valence-electron chi connectivity index (χ0n) is 7.82. The summed E-state index contributed by atoms with van der Waals surface area (Å²) in [6.07, 6.45) is 3.02. The standard InChI is InChI=1S/C8H13ClN4O/c1-2-4-7(9)12-8(14)5-3-6-11-13-10/h2,7H,1,3-6H2,(H,12,14). The maximum atomic E-state index is 11.1. The van der Waals surface area contributed by atoms with Crippen molar-refractivity contribution in [2.45, 2.75) is 24.8 Å². The maximum Gasteiger partial charge on any atom is 0.221 e. The molecule has 0 heterocycles. The van der Waals surface area contributed by atoms with Crippen LogP contribution in [0.3, 0.4) is 0 Å². The van der Waals surface area contributed by atoms with Crippen molar-refractivity contribution in [1.82, 2.24) is 5.32 Å². The number of azide groups is 1. The largest absolute Gasteiger partial charge is 0.340 e. The summed E-state index contributed by atoms with van der Waals surface area (Å²) >= 11 is 5.73.